The molecule has 5 rings (SSSR count). The number of carbonyl (C=O) groups is 2. The van der Waals surface area contributed by atoms with Crippen LogP contribution in [-0.2, 0) is 22.4 Å². The van der Waals surface area contributed by atoms with E-state index in [2.05, 4.69) is 20.4 Å². The van der Waals surface area contributed by atoms with Gasteiger partial charge in [0, 0.05) is 37.2 Å². The van der Waals surface area contributed by atoms with Crippen LogP contribution in [0, 0.1) is 0 Å². The molecule has 2 aromatic heterocycles. The van der Waals surface area contributed by atoms with E-state index in [1.54, 1.807) is 9.42 Å². The van der Waals surface area contributed by atoms with Crippen LogP contribution < -0.4 is 5.32 Å². The smallest absolute Gasteiger partial charge is 0.251 e. The van der Waals surface area contributed by atoms with Crippen molar-refractivity contribution in [2.45, 2.75) is 44.9 Å². The van der Waals surface area contributed by atoms with Crippen molar-refractivity contribution in [2.75, 3.05) is 18.4 Å². The average Bonchev–Trinajstić information content (AvgIpc) is 3.36. The molecule has 2 amide bonds. The van der Waals surface area contributed by atoms with E-state index in [-0.39, 0.29) is 11.8 Å². The minimum absolute atomic E-state index is 0.0887. The summed E-state index contributed by atoms with van der Waals surface area (Å²) >= 11 is 0. The first-order valence-corrected chi connectivity index (χ1v) is 10.6. The Balaban J connectivity index is 1.25. The maximum absolute atomic E-state index is 12.2. The van der Waals surface area contributed by atoms with Gasteiger partial charge in [0.2, 0.25) is 11.8 Å². The summed E-state index contributed by atoms with van der Waals surface area (Å²) in [6.07, 6.45) is 7.97. The number of fused-ring (bicyclic) bond motifs is 2. The minimum atomic E-state index is -0.0887. The molecule has 2 aliphatic rings. The second-order valence-electron chi connectivity index (χ2n) is 7.94. The normalized spacial score (nSPS) is 16.1. The summed E-state index contributed by atoms with van der Waals surface area (Å²) in [5, 5.41) is 7.58. The van der Waals surface area contributed by atoms with E-state index in [1.165, 1.54) is 0 Å². The summed E-state index contributed by atoms with van der Waals surface area (Å²) in [7, 11) is 0. The summed E-state index contributed by atoms with van der Waals surface area (Å²) in [5.74, 6) is 0.679. The molecule has 30 heavy (non-hydrogen) atoms. The van der Waals surface area contributed by atoms with Crippen molar-refractivity contribution in [2.24, 2.45) is 0 Å². The number of anilines is 1. The molecule has 0 atom stereocenters. The van der Waals surface area contributed by atoms with Crippen molar-refractivity contribution >= 4 is 23.3 Å². The van der Waals surface area contributed by atoms with Gasteiger partial charge in [-0.2, -0.15) is 5.10 Å². The number of hydrogen-bond acceptors (Lipinski definition) is 5. The van der Waals surface area contributed by atoms with Crippen LogP contribution in [0.15, 0.2) is 30.5 Å². The van der Waals surface area contributed by atoms with E-state index in [0.29, 0.717) is 25.2 Å². The fourth-order valence-electron chi connectivity index (χ4n) is 4.13. The first-order valence-electron chi connectivity index (χ1n) is 10.6. The highest BCUT2D eigenvalue weighted by molar-refractivity contribution is 5.91. The van der Waals surface area contributed by atoms with Crippen LogP contribution in [0.1, 0.15) is 43.5 Å². The molecule has 8 heteroatoms. The summed E-state index contributed by atoms with van der Waals surface area (Å²) in [5.41, 5.74) is 4.63. The first-order chi connectivity index (χ1) is 14.7. The molecular formula is C22H24N6O2. The zero-order valence-electron chi connectivity index (χ0n) is 16.8. The molecule has 1 aliphatic carbocycles. The molecule has 3 heterocycles. The lowest BCUT2D eigenvalue weighted by molar-refractivity contribution is -0.128. The monoisotopic (exact) mass is 404 g/mol. The van der Waals surface area contributed by atoms with E-state index in [4.69, 9.17) is 0 Å². The van der Waals surface area contributed by atoms with Crippen molar-refractivity contribution in [3.8, 4) is 11.3 Å². The largest absolute Gasteiger partial charge is 0.342 e. The number of aromatic nitrogens is 4. The second kappa shape index (κ2) is 7.85. The molecule has 0 bridgehead atoms. The van der Waals surface area contributed by atoms with Crippen molar-refractivity contribution in [3.63, 3.8) is 0 Å². The second-order valence-corrected chi connectivity index (χ2v) is 7.94. The Morgan fingerprint density at radius 2 is 1.80 bits per heavy atom. The lowest BCUT2D eigenvalue weighted by atomic mass is 10.0. The van der Waals surface area contributed by atoms with Gasteiger partial charge in [-0.3, -0.25) is 9.59 Å². The Kier molecular flexibility index (Phi) is 4.90. The summed E-state index contributed by atoms with van der Waals surface area (Å²) < 4.78 is 1.76. The molecule has 1 aliphatic heterocycles. The van der Waals surface area contributed by atoms with Gasteiger partial charge in [-0.1, -0.05) is 12.1 Å². The van der Waals surface area contributed by atoms with Crippen molar-refractivity contribution in [1.82, 2.24) is 24.5 Å². The maximum Gasteiger partial charge on any atom is 0.251 e. The van der Waals surface area contributed by atoms with E-state index in [9.17, 15) is 9.59 Å². The van der Waals surface area contributed by atoms with Gasteiger partial charge in [0.15, 0.2) is 0 Å². The highest BCUT2D eigenvalue weighted by atomic mass is 16.2. The molecule has 3 aromatic rings. The SMILES string of the molecule is O=C(CCN1CCCC1=O)Nc1ccc(-c2cn3nc4c(nc3n2)CCCC4)cc1. The number of rotatable bonds is 5. The number of nitrogens with zero attached hydrogens (tertiary/aromatic N) is 5. The molecule has 154 valence electrons. The van der Waals surface area contributed by atoms with E-state index >= 15 is 0 Å². The molecule has 0 radical (unpaired) electrons. The molecular weight excluding hydrogens is 380 g/mol. The fourth-order valence-corrected chi connectivity index (χ4v) is 4.13. The number of likely N-dealkylation sites (tertiary alicyclic amines) is 1. The predicted molar refractivity (Wildman–Crippen MR) is 112 cm³/mol. The standard InChI is InChI=1S/C22H24N6O2/c29-20(11-13-27-12-3-6-21(27)30)23-16-9-7-15(8-10-16)19-14-28-22(25-19)24-17-4-1-2-5-18(17)26-28/h7-10,14H,1-6,11-13H2,(H,23,29). The van der Waals surface area contributed by atoms with Gasteiger partial charge < -0.3 is 10.2 Å². The summed E-state index contributed by atoms with van der Waals surface area (Å²) in [4.78, 5) is 34.9. The maximum atomic E-state index is 12.2. The zero-order chi connectivity index (χ0) is 20.5. The number of hydrogen-bond donors (Lipinski definition) is 1. The highest BCUT2D eigenvalue weighted by Gasteiger charge is 2.20. The van der Waals surface area contributed by atoms with Crippen LogP contribution in [0.4, 0.5) is 5.69 Å². The van der Waals surface area contributed by atoms with E-state index in [0.717, 1.165) is 67.0 Å². The molecule has 1 saturated heterocycles. The summed E-state index contributed by atoms with van der Waals surface area (Å²) in [6.45, 7) is 1.24. The van der Waals surface area contributed by atoms with Crippen molar-refractivity contribution in [3.05, 3.63) is 41.9 Å². The molecule has 0 saturated carbocycles. The third kappa shape index (κ3) is 3.77. The van der Waals surface area contributed by atoms with Crippen LogP contribution in [-0.4, -0.2) is 49.4 Å². The highest BCUT2D eigenvalue weighted by Crippen LogP contribution is 2.23. The topological polar surface area (TPSA) is 92.5 Å². The Labute approximate surface area is 174 Å². The lowest BCUT2D eigenvalue weighted by Crippen LogP contribution is -2.28. The molecule has 1 fully saturated rings. The molecule has 0 unspecified atom stereocenters. The Morgan fingerprint density at radius 3 is 2.57 bits per heavy atom. The number of benzene rings is 1. The van der Waals surface area contributed by atoms with Gasteiger partial charge in [-0.15, -0.1) is 0 Å². The molecule has 1 aromatic carbocycles. The number of aryl methyl sites for hydroxylation is 2. The summed E-state index contributed by atoms with van der Waals surface area (Å²) in [6, 6.07) is 7.59. The van der Waals surface area contributed by atoms with Gasteiger partial charge in [-0.05, 0) is 44.2 Å². The van der Waals surface area contributed by atoms with Crippen molar-refractivity contribution < 1.29 is 9.59 Å². The molecule has 0 spiro atoms. The van der Waals surface area contributed by atoms with Crippen LogP contribution in [0.3, 0.4) is 0 Å². The average molecular weight is 404 g/mol. The van der Waals surface area contributed by atoms with Crippen LogP contribution in [0.2, 0.25) is 0 Å². The van der Waals surface area contributed by atoms with Gasteiger partial charge in [0.25, 0.3) is 5.78 Å². The predicted octanol–water partition coefficient (Wildman–Crippen LogP) is 2.62. The van der Waals surface area contributed by atoms with Crippen LogP contribution >= 0.6 is 0 Å². The Hall–Kier alpha value is -3.29. The third-order valence-electron chi connectivity index (χ3n) is 5.79. The number of carbonyl (C=O) groups excluding carboxylic acids is 2. The molecule has 8 nitrogen and oxygen atoms in total. The van der Waals surface area contributed by atoms with Gasteiger partial charge >= 0.3 is 0 Å². The van der Waals surface area contributed by atoms with E-state index in [1.807, 2.05) is 30.5 Å². The van der Waals surface area contributed by atoms with Gasteiger partial charge in [0.05, 0.1) is 23.3 Å². The quantitative estimate of drug-likeness (QED) is 0.706. The van der Waals surface area contributed by atoms with Crippen molar-refractivity contribution in [1.29, 1.82) is 0 Å². The first kappa shape index (κ1) is 18.7. The fraction of sp³-hybridized carbons (Fsp3) is 0.409. The van der Waals surface area contributed by atoms with Crippen LogP contribution in [0.5, 0.6) is 0 Å². The third-order valence-corrected chi connectivity index (χ3v) is 5.79. The van der Waals surface area contributed by atoms with Crippen LogP contribution in [0.25, 0.3) is 17.0 Å². The van der Waals surface area contributed by atoms with Gasteiger partial charge in [-0.25, -0.2) is 14.5 Å². The van der Waals surface area contributed by atoms with Gasteiger partial charge in [0.1, 0.15) is 0 Å². The zero-order valence-corrected chi connectivity index (χ0v) is 16.8. The molecule has 1 N–H and O–H groups in total. The lowest BCUT2D eigenvalue weighted by Gasteiger charge is -2.14. The number of amides is 2. The number of imidazole rings is 1. The number of nitrogens with one attached hydrogen (secondary N) is 1. The van der Waals surface area contributed by atoms with E-state index < -0.39 is 0 Å². The Bertz CT molecular complexity index is 1060. The minimum Gasteiger partial charge on any atom is -0.342 e. The Morgan fingerprint density at radius 1 is 1.00 bits per heavy atom.